The highest BCUT2D eigenvalue weighted by Gasteiger charge is 2.37. The molecule has 194 valence electrons. The van der Waals surface area contributed by atoms with Crippen molar-refractivity contribution in [2.75, 3.05) is 47.6 Å². The van der Waals surface area contributed by atoms with Crippen LogP contribution in [0.2, 0.25) is 0 Å². The van der Waals surface area contributed by atoms with E-state index < -0.39 is 5.69 Å². The number of nitrogens with zero attached hydrogens (tertiary/aromatic N) is 2. The predicted octanol–water partition coefficient (Wildman–Crippen LogP) is 3.03. The number of H-pyrrole nitrogens is 1. The summed E-state index contributed by atoms with van der Waals surface area (Å²) < 4.78 is 23.5. The Bertz CT molecular complexity index is 1340. The minimum absolute atomic E-state index is 0. The summed E-state index contributed by atoms with van der Waals surface area (Å²) in [5, 5.41) is 0.398. The third-order valence-electron chi connectivity index (χ3n) is 7.23. The van der Waals surface area contributed by atoms with Crippen molar-refractivity contribution in [3.63, 3.8) is 0 Å². The lowest BCUT2D eigenvalue weighted by atomic mass is 9.78. The first-order chi connectivity index (χ1) is 17.0. The van der Waals surface area contributed by atoms with E-state index in [1.807, 2.05) is 18.2 Å². The quantitative estimate of drug-likeness (QED) is 0.514. The van der Waals surface area contributed by atoms with Crippen LogP contribution in [0.4, 0.5) is 0 Å². The van der Waals surface area contributed by atoms with E-state index in [0.29, 0.717) is 53.8 Å². The maximum atomic E-state index is 13.1. The Hall–Kier alpha value is -3.17. The first-order valence-electron chi connectivity index (χ1n) is 11.9. The second kappa shape index (κ2) is 10.8. The van der Waals surface area contributed by atoms with E-state index in [4.69, 9.17) is 18.9 Å². The van der Waals surface area contributed by atoms with Crippen molar-refractivity contribution < 1.29 is 18.9 Å². The summed E-state index contributed by atoms with van der Waals surface area (Å²) in [6.07, 6.45) is 1.72. The molecule has 3 heterocycles. The molecular formula is C26H32ClN3O6. The molecule has 1 aromatic heterocycles. The van der Waals surface area contributed by atoms with Gasteiger partial charge < -0.3 is 28.8 Å². The van der Waals surface area contributed by atoms with Crippen molar-refractivity contribution in [2.24, 2.45) is 5.92 Å². The van der Waals surface area contributed by atoms with Gasteiger partial charge in [-0.25, -0.2) is 4.79 Å². The largest absolute Gasteiger partial charge is 0.496 e. The van der Waals surface area contributed by atoms with E-state index in [0.717, 1.165) is 37.6 Å². The van der Waals surface area contributed by atoms with Crippen LogP contribution in [-0.2, 0) is 6.54 Å². The van der Waals surface area contributed by atoms with Crippen LogP contribution in [0.5, 0.6) is 23.0 Å². The number of piperidine rings is 1. The molecule has 2 atom stereocenters. The Labute approximate surface area is 215 Å². The van der Waals surface area contributed by atoms with Crippen molar-refractivity contribution in [1.29, 1.82) is 0 Å². The summed E-state index contributed by atoms with van der Waals surface area (Å²) >= 11 is 0. The fourth-order valence-corrected chi connectivity index (χ4v) is 5.48. The van der Waals surface area contributed by atoms with Crippen LogP contribution in [0, 0.1) is 5.92 Å². The average molecular weight is 518 g/mol. The minimum Gasteiger partial charge on any atom is -0.496 e. The number of halogens is 1. The van der Waals surface area contributed by atoms with Crippen molar-refractivity contribution >= 4 is 23.3 Å². The monoisotopic (exact) mass is 517 g/mol. The van der Waals surface area contributed by atoms with Crippen LogP contribution in [-0.4, -0.2) is 62.0 Å². The van der Waals surface area contributed by atoms with E-state index in [9.17, 15) is 9.59 Å². The maximum Gasteiger partial charge on any atom is 0.328 e. The molecule has 1 saturated heterocycles. The number of rotatable bonds is 7. The zero-order chi connectivity index (χ0) is 24.5. The molecule has 0 unspecified atom stereocenters. The van der Waals surface area contributed by atoms with Gasteiger partial charge >= 0.3 is 5.69 Å². The molecule has 0 aliphatic carbocycles. The fourth-order valence-electron chi connectivity index (χ4n) is 5.48. The van der Waals surface area contributed by atoms with Gasteiger partial charge in [-0.3, -0.25) is 9.36 Å². The molecule has 0 bridgehead atoms. The summed E-state index contributed by atoms with van der Waals surface area (Å²) in [7, 11) is 4.74. The van der Waals surface area contributed by atoms with Crippen molar-refractivity contribution in [1.82, 2.24) is 14.5 Å². The van der Waals surface area contributed by atoms with Gasteiger partial charge in [-0.05, 0) is 50.0 Å². The molecule has 2 aliphatic rings. The molecule has 1 N–H and O–H groups in total. The third kappa shape index (κ3) is 4.65. The number of hydrogen-bond acceptors (Lipinski definition) is 7. The van der Waals surface area contributed by atoms with Gasteiger partial charge in [0.15, 0.2) is 11.5 Å². The van der Waals surface area contributed by atoms with E-state index >= 15 is 0 Å². The molecule has 1 fully saturated rings. The van der Waals surface area contributed by atoms with Gasteiger partial charge in [-0.2, -0.15) is 0 Å². The lowest BCUT2D eigenvalue weighted by Gasteiger charge is -2.42. The Morgan fingerprint density at radius 3 is 2.53 bits per heavy atom. The lowest BCUT2D eigenvalue weighted by molar-refractivity contribution is 0.0899. The van der Waals surface area contributed by atoms with E-state index in [1.165, 1.54) is 24.4 Å². The Morgan fingerprint density at radius 2 is 1.78 bits per heavy atom. The number of methoxy groups -OCH3 is 3. The molecule has 5 rings (SSSR count). The van der Waals surface area contributed by atoms with Gasteiger partial charge in [0, 0.05) is 30.6 Å². The average Bonchev–Trinajstić information content (AvgIpc) is 2.89. The molecule has 3 aromatic rings. The summed E-state index contributed by atoms with van der Waals surface area (Å²) in [6.45, 7) is 3.71. The van der Waals surface area contributed by atoms with Crippen molar-refractivity contribution in [2.45, 2.75) is 25.3 Å². The van der Waals surface area contributed by atoms with Crippen LogP contribution in [0.15, 0.2) is 39.9 Å². The number of likely N-dealkylation sites (tertiary alicyclic amines) is 1. The molecule has 2 aromatic carbocycles. The van der Waals surface area contributed by atoms with Gasteiger partial charge in [-0.1, -0.05) is 6.07 Å². The molecule has 10 heteroatoms. The van der Waals surface area contributed by atoms with Crippen molar-refractivity contribution in [3.05, 3.63) is 56.7 Å². The Balaban J connectivity index is 0.00000304. The standard InChI is InChI=1S/C26H31N3O6.ClH/c1-32-20-6-4-7-21-24(20)17-8-11-28(14-16(17)15-35-21)9-5-10-29-25(30)18-12-22(33-2)23(34-3)13-19(18)27-26(29)31;/h4,6-7,12-13,16-17H,5,8-11,14-15H2,1-3H3,(H,27,31);1H/t16-,17+;/m1./s1. The molecule has 9 nitrogen and oxygen atoms in total. The van der Waals surface area contributed by atoms with Crippen LogP contribution >= 0.6 is 12.4 Å². The normalized spacial score (nSPS) is 19.0. The van der Waals surface area contributed by atoms with Crippen molar-refractivity contribution in [3.8, 4) is 23.0 Å². The zero-order valence-electron chi connectivity index (χ0n) is 20.7. The smallest absolute Gasteiger partial charge is 0.328 e. The highest BCUT2D eigenvalue weighted by Crippen LogP contribution is 2.46. The minimum atomic E-state index is -0.419. The van der Waals surface area contributed by atoms with Gasteiger partial charge in [0.05, 0.1) is 38.8 Å². The molecular weight excluding hydrogens is 486 g/mol. The molecule has 2 aliphatic heterocycles. The number of benzene rings is 2. The van der Waals surface area contributed by atoms with Crippen LogP contribution in [0.3, 0.4) is 0 Å². The number of hydrogen-bond donors (Lipinski definition) is 1. The summed E-state index contributed by atoms with van der Waals surface area (Å²) in [5.41, 5.74) is 0.877. The van der Waals surface area contributed by atoms with E-state index in [1.54, 1.807) is 19.2 Å². The topological polar surface area (TPSA) is 95.0 Å². The number of nitrogens with one attached hydrogen (secondary N) is 1. The maximum absolute atomic E-state index is 13.1. The SMILES string of the molecule is COc1cc2[nH]c(=O)n(CCCN3CC[C@@H]4c5c(OC)cccc5OC[C@H]4C3)c(=O)c2cc1OC.Cl. The Kier molecular flexibility index (Phi) is 7.80. The zero-order valence-corrected chi connectivity index (χ0v) is 21.6. The number of aromatic nitrogens is 2. The highest BCUT2D eigenvalue weighted by molar-refractivity contribution is 5.85. The summed E-state index contributed by atoms with van der Waals surface area (Å²) in [6, 6.07) is 9.22. The van der Waals surface area contributed by atoms with Crippen LogP contribution in [0.1, 0.15) is 24.3 Å². The highest BCUT2D eigenvalue weighted by atomic mass is 35.5. The lowest BCUT2D eigenvalue weighted by Crippen LogP contribution is -2.44. The molecule has 0 spiro atoms. The molecule has 0 saturated carbocycles. The van der Waals surface area contributed by atoms with Gasteiger partial charge in [0.1, 0.15) is 11.5 Å². The molecule has 0 radical (unpaired) electrons. The van der Waals surface area contributed by atoms with E-state index in [-0.39, 0.29) is 18.0 Å². The first-order valence-corrected chi connectivity index (χ1v) is 11.9. The van der Waals surface area contributed by atoms with E-state index in [2.05, 4.69) is 9.88 Å². The van der Waals surface area contributed by atoms with Crippen LogP contribution in [0.25, 0.3) is 10.9 Å². The molecule has 36 heavy (non-hydrogen) atoms. The first kappa shape index (κ1) is 25.9. The van der Waals surface area contributed by atoms with Gasteiger partial charge in [-0.15, -0.1) is 12.4 Å². The second-order valence-electron chi connectivity index (χ2n) is 9.13. The predicted molar refractivity (Wildman–Crippen MR) is 140 cm³/mol. The number of aromatic amines is 1. The molecule has 0 amide bonds. The van der Waals surface area contributed by atoms with Gasteiger partial charge in [0.25, 0.3) is 5.56 Å². The number of ether oxygens (including phenoxy) is 4. The Morgan fingerprint density at radius 1 is 1.03 bits per heavy atom. The fraction of sp³-hybridized carbons (Fsp3) is 0.462. The summed E-state index contributed by atoms with van der Waals surface area (Å²) in [5.74, 6) is 3.55. The third-order valence-corrected chi connectivity index (χ3v) is 7.23. The summed E-state index contributed by atoms with van der Waals surface area (Å²) in [4.78, 5) is 30.9. The number of fused-ring (bicyclic) bond motifs is 4. The van der Waals surface area contributed by atoms with Gasteiger partial charge in [0.2, 0.25) is 0 Å². The van der Waals surface area contributed by atoms with Crippen LogP contribution < -0.4 is 30.2 Å². The second-order valence-corrected chi connectivity index (χ2v) is 9.13.